The lowest BCUT2D eigenvalue weighted by atomic mass is 10.1. The first-order valence-corrected chi connectivity index (χ1v) is 12.0. The molecule has 5 rings (SSSR count). The monoisotopic (exact) mass is 484 g/mol. The molecule has 7 heteroatoms. The summed E-state index contributed by atoms with van der Waals surface area (Å²) < 4.78 is 17.0. The first kappa shape index (κ1) is 23.5. The van der Waals surface area contributed by atoms with Crippen LogP contribution in [0.2, 0.25) is 0 Å². The SMILES string of the molecule is COc1cc(C(=O)N2CCN(C(=O)c3ccc(COc4ccc5ccccc5c4)o3)CC2)ccc1C. The molecule has 36 heavy (non-hydrogen) atoms. The van der Waals surface area contributed by atoms with Gasteiger partial charge >= 0.3 is 0 Å². The number of ether oxygens (including phenoxy) is 2. The fourth-order valence-corrected chi connectivity index (χ4v) is 4.39. The number of hydrogen-bond acceptors (Lipinski definition) is 5. The summed E-state index contributed by atoms with van der Waals surface area (Å²) in [5, 5.41) is 2.25. The van der Waals surface area contributed by atoms with Crippen LogP contribution in [-0.2, 0) is 6.61 Å². The van der Waals surface area contributed by atoms with Crippen LogP contribution in [0.4, 0.5) is 0 Å². The minimum atomic E-state index is -0.184. The molecule has 3 aromatic carbocycles. The average Bonchev–Trinajstić information content (AvgIpc) is 3.40. The molecule has 184 valence electrons. The van der Waals surface area contributed by atoms with Crippen molar-refractivity contribution in [2.45, 2.75) is 13.5 Å². The molecule has 0 aliphatic carbocycles. The first-order chi connectivity index (χ1) is 17.5. The smallest absolute Gasteiger partial charge is 0.289 e. The maximum Gasteiger partial charge on any atom is 0.289 e. The van der Waals surface area contributed by atoms with Crippen molar-refractivity contribution in [2.24, 2.45) is 0 Å². The number of benzene rings is 3. The number of hydrogen-bond donors (Lipinski definition) is 0. The Bertz CT molecular complexity index is 1400. The van der Waals surface area contributed by atoms with Gasteiger partial charge in [0.2, 0.25) is 0 Å². The lowest BCUT2D eigenvalue weighted by Gasteiger charge is -2.34. The summed E-state index contributed by atoms with van der Waals surface area (Å²) in [5.41, 5.74) is 1.56. The van der Waals surface area contributed by atoms with E-state index in [1.165, 1.54) is 0 Å². The van der Waals surface area contributed by atoms with Crippen molar-refractivity contribution >= 4 is 22.6 Å². The molecule has 4 aromatic rings. The molecule has 1 saturated heterocycles. The second kappa shape index (κ2) is 10.2. The lowest BCUT2D eigenvalue weighted by Crippen LogP contribution is -2.50. The van der Waals surface area contributed by atoms with E-state index in [0.717, 1.165) is 22.1 Å². The molecule has 1 aromatic heterocycles. The van der Waals surface area contributed by atoms with Gasteiger partial charge in [0.05, 0.1) is 7.11 Å². The highest BCUT2D eigenvalue weighted by Gasteiger charge is 2.27. The van der Waals surface area contributed by atoms with Crippen molar-refractivity contribution in [1.82, 2.24) is 9.80 Å². The molecule has 2 heterocycles. The second-order valence-corrected chi connectivity index (χ2v) is 8.83. The predicted molar refractivity (Wildman–Crippen MR) is 137 cm³/mol. The Kier molecular flexibility index (Phi) is 6.62. The zero-order chi connectivity index (χ0) is 25.1. The van der Waals surface area contributed by atoms with Gasteiger partial charge < -0.3 is 23.7 Å². The lowest BCUT2D eigenvalue weighted by molar-refractivity contribution is 0.0516. The van der Waals surface area contributed by atoms with Gasteiger partial charge in [-0.25, -0.2) is 0 Å². The van der Waals surface area contributed by atoms with Gasteiger partial charge in [-0.15, -0.1) is 0 Å². The third-order valence-electron chi connectivity index (χ3n) is 6.48. The Labute approximate surface area is 209 Å². The highest BCUT2D eigenvalue weighted by atomic mass is 16.5. The Hall–Kier alpha value is -4.26. The predicted octanol–water partition coefficient (Wildman–Crippen LogP) is 4.93. The molecule has 1 aliphatic rings. The number of piperazine rings is 1. The van der Waals surface area contributed by atoms with Gasteiger partial charge in [0.25, 0.3) is 11.8 Å². The van der Waals surface area contributed by atoms with Gasteiger partial charge in [-0.2, -0.15) is 0 Å². The molecule has 0 unspecified atom stereocenters. The second-order valence-electron chi connectivity index (χ2n) is 8.83. The van der Waals surface area contributed by atoms with Crippen LogP contribution in [0.1, 0.15) is 32.2 Å². The first-order valence-electron chi connectivity index (χ1n) is 12.0. The number of methoxy groups -OCH3 is 1. The summed E-state index contributed by atoms with van der Waals surface area (Å²) in [5.74, 6) is 2.03. The van der Waals surface area contributed by atoms with E-state index in [1.54, 1.807) is 35.1 Å². The summed E-state index contributed by atoms with van der Waals surface area (Å²) in [6.45, 7) is 3.97. The summed E-state index contributed by atoms with van der Waals surface area (Å²) >= 11 is 0. The highest BCUT2D eigenvalue weighted by Crippen LogP contribution is 2.23. The normalized spacial score (nSPS) is 13.6. The van der Waals surface area contributed by atoms with Gasteiger partial charge in [-0.3, -0.25) is 9.59 Å². The summed E-state index contributed by atoms with van der Waals surface area (Å²) in [4.78, 5) is 29.4. The van der Waals surface area contributed by atoms with Gasteiger partial charge in [-0.1, -0.05) is 36.4 Å². The number of amides is 2. The maximum atomic E-state index is 13.0. The van der Waals surface area contributed by atoms with Crippen LogP contribution >= 0.6 is 0 Å². The van der Waals surface area contributed by atoms with E-state index >= 15 is 0 Å². The van der Waals surface area contributed by atoms with E-state index in [2.05, 4.69) is 6.07 Å². The molecule has 2 amide bonds. The van der Waals surface area contributed by atoms with E-state index in [0.29, 0.717) is 43.3 Å². The molecular formula is C29H28N2O5. The maximum absolute atomic E-state index is 13.0. The fourth-order valence-electron chi connectivity index (χ4n) is 4.39. The average molecular weight is 485 g/mol. The zero-order valence-corrected chi connectivity index (χ0v) is 20.4. The summed E-state index contributed by atoms with van der Waals surface area (Å²) in [6, 6.07) is 22.9. The third-order valence-corrected chi connectivity index (χ3v) is 6.48. The van der Waals surface area contributed by atoms with E-state index in [9.17, 15) is 9.59 Å². The Balaban J connectivity index is 1.16. The number of carbonyl (C=O) groups is 2. The molecular weight excluding hydrogens is 456 g/mol. The molecule has 0 atom stereocenters. The molecule has 7 nitrogen and oxygen atoms in total. The van der Waals surface area contributed by atoms with Crippen molar-refractivity contribution in [3.63, 3.8) is 0 Å². The number of carbonyl (C=O) groups excluding carboxylic acids is 2. The zero-order valence-electron chi connectivity index (χ0n) is 20.4. The molecule has 0 bridgehead atoms. The van der Waals surface area contributed by atoms with Crippen LogP contribution in [0.3, 0.4) is 0 Å². The standard InChI is InChI=1S/C29H28N2O5/c1-20-7-8-23(18-27(20)34-2)28(32)30-13-15-31(16-14-30)29(33)26-12-11-25(36-26)19-35-24-10-9-21-5-3-4-6-22(21)17-24/h3-12,17-18H,13-16,19H2,1-2H3. The van der Waals surface area contributed by atoms with Crippen molar-refractivity contribution in [3.05, 3.63) is 95.4 Å². The van der Waals surface area contributed by atoms with Gasteiger partial charge in [0.15, 0.2) is 5.76 Å². The molecule has 0 spiro atoms. The number of rotatable bonds is 6. The van der Waals surface area contributed by atoms with Crippen LogP contribution in [0.5, 0.6) is 11.5 Å². The molecule has 0 N–H and O–H groups in total. The Morgan fingerprint density at radius 1 is 0.833 bits per heavy atom. The van der Waals surface area contributed by atoms with Crippen molar-refractivity contribution in [1.29, 1.82) is 0 Å². The van der Waals surface area contributed by atoms with E-state index < -0.39 is 0 Å². The van der Waals surface area contributed by atoms with Crippen molar-refractivity contribution in [2.75, 3.05) is 33.3 Å². The van der Waals surface area contributed by atoms with Gasteiger partial charge in [0, 0.05) is 31.7 Å². The number of fused-ring (bicyclic) bond motifs is 1. The summed E-state index contributed by atoms with van der Waals surface area (Å²) in [7, 11) is 1.59. The number of nitrogens with zero attached hydrogens (tertiary/aromatic N) is 2. The minimum absolute atomic E-state index is 0.0634. The van der Waals surface area contributed by atoms with Crippen LogP contribution in [0.25, 0.3) is 10.8 Å². The third kappa shape index (κ3) is 4.91. The summed E-state index contributed by atoms with van der Waals surface area (Å²) in [6.07, 6.45) is 0. The Morgan fingerprint density at radius 3 is 2.31 bits per heavy atom. The minimum Gasteiger partial charge on any atom is -0.496 e. The van der Waals surface area contributed by atoms with Crippen LogP contribution in [0, 0.1) is 6.92 Å². The largest absolute Gasteiger partial charge is 0.496 e. The van der Waals surface area contributed by atoms with Crippen molar-refractivity contribution in [3.8, 4) is 11.5 Å². The Morgan fingerprint density at radius 2 is 1.56 bits per heavy atom. The van der Waals surface area contributed by atoms with Gasteiger partial charge in [0.1, 0.15) is 23.9 Å². The fraction of sp³-hybridized carbons (Fsp3) is 0.241. The van der Waals surface area contributed by atoms with Crippen LogP contribution in [0.15, 0.2) is 77.2 Å². The van der Waals surface area contributed by atoms with Crippen LogP contribution < -0.4 is 9.47 Å². The number of furan rings is 1. The van der Waals surface area contributed by atoms with Gasteiger partial charge in [-0.05, 0) is 59.7 Å². The van der Waals surface area contributed by atoms with Crippen molar-refractivity contribution < 1.29 is 23.5 Å². The van der Waals surface area contributed by atoms with Crippen LogP contribution in [-0.4, -0.2) is 54.9 Å². The quantitative estimate of drug-likeness (QED) is 0.388. The van der Waals surface area contributed by atoms with E-state index in [4.69, 9.17) is 13.9 Å². The number of aryl methyl sites for hydroxylation is 1. The molecule has 1 fully saturated rings. The molecule has 0 saturated carbocycles. The highest BCUT2D eigenvalue weighted by molar-refractivity contribution is 5.95. The van der Waals surface area contributed by atoms with E-state index in [1.807, 2.05) is 55.5 Å². The molecule has 0 radical (unpaired) electrons. The van der Waals surface area contributed by atoms with E-state index in [-0.39, 0.29) is 24.2 Å². The molecule has 1 aliphatic heterocycles. The topological polar surface area (TPSA) is 72.2 Å².